The summed E-state index contributed by atoms with van der Waals surface area (Å²) in [6, 6.07) is 3.54. The van der Waals surface area contributed by atoms with Crippen molar-refractivity contribution >= 4 is 29.4 Å². The number of nitrogens with zero attached hydrogens (tertiary/aromatic N) is 1. The van der Waals surface area contributed by atoms with Crippen LogP contribution in [0.15, 0.2) is 18.2 Å². The smallest absolute Gasteiger partial charge is 0.323 e. The number of hydrogen-bond donors (Lipinski definition) is 3. The van der Waals surface area contributed by atoms with E-state index >= 15 is 0 Å². The molecule has 0 aliphatic carbocycles. The van der Waals surface area contributed by atoms with E-state index in [1.807, 2.05) is 0 Å². The second-order valence-corrected chi connectivity index (χ2v) is 4.02. The molecule has 0 aromatic heterocycles. The molecular formula is C11H10ClNO6. The van der Waals surface area contributed by atoms with E-state index in [-0.39, 0.29) is 16.3 Å². The van der Waals surface area contributed by atoms with Crippen molar-refractivity contribution in [2.24, 2.45) is 0 Å². The first-order valence-electron chi connectivity index (χ1n) is 5.02. The number of phenols is 1. The number of carbonyl (C=O) groups excluding carboxylic acids is 1. The van der Waals surface area contributed by atoms with Gasteiger partial charge in [-0.15, -0.1) is 0 Å². The van der Waals surface area contributed by atoms with Crippen molar-refractivity contribution in [1.82, 2.24) is 4.90 Å². The summed E-state index contributed by atoms with van der Waals surface area (Å²) >= 11 is 5.75. The van der Waals surface area contributed by atoms with Gasteiger partial charge in [0.05, 0.1) is 10.6 Å². The molecule has 0 atom stereocenters. The number of carbonyl (C=O) groups is 3. The summed E-state index contributed by atoms with van der Waals surface area (Å²) in [5.41, 5.74) is -0.163. The molecule has 0 radical (unpaired) electrons. The van der Waals surface area contributed by atoms with Crippen LogP contribution in [-0.4, -0.2) is 51.2 Å². The van der Waals surface area contributed by atoms with Crippen LogP contribution in [0.2, 0.25) is 5.02 Å². The zero-order valence-corrected chi connectivity index (χ0v) is 10.3. The highest BCUT2D eigenvalue weighted by Gasteiger charge is 2.23. The predicted molar refractivity (Wildman–Crippen MR) is 64.3 cm³/mol. The van der Waals surface area contributed by atoms with Crippen molar-refractivity contribution in [2.75, 3.05) is 13.1 Å². The first kappa shape index (κ1) is 14.8. The summed E-state index contributed by atoms with van der Waals surface area (Å²) in [5.74, 6) is -3.83. The molecule has 0 aliphatic rings. The Bertz CT molecular complexity index is 514. The Morgan fingerprint density at radius 3 is 2.11 bits per heavy atom. The lowest BCUT2D eigenvalue weighted by Gasteiger charge is -2.19. The molecule has 7 nitrogen and oxygen atoms in total. The van der Waals surface area contributed by atoms with Crippen LogP contribution in [0.5, 0.6) is 5.75 Å². The average Bonchev–Trinajstić information content (AvgIpc) is 2.29. The molecule has 0 aliphatic heterocycles. The summed E-state index contributed by atoms with van der Waals surface area (Å²) in [4.78, 5) is 33.8. The minimum absolute atomic E-state index is 0.0106. The zero-order valence-electron chi connectivity index (χ0n) is 9.54. The Balaban J connectivity index is 3.07. The molecule has 8 heteroatoms. The largest absolute Gasteiger partial charge is 0.508 e. The van der Waals surface area contributed by atoms with E-state index in [0.29, 0.717) is 4.90 Å². The highest BCUT2D eigenvalue weighted by molar-refractivity contribution is 6.34. The fourth-order valence-corrected chi connectivity index (χ4v) is 1.57. The number of benzene rings is 1. The number of hydrogen-bond acceptors (Lipinski definition) is 4. The molecule has 0 bridgehead atoms. The third kappa shape index (κ3) is 4.14. The molecule has 3 N–H and O–H groups in total. The van der Waals surface area contributed by atoms with E-state index in [4.69, 9.17) is 21.8 Å². The molecule has 1 aromatic rings. The lowest BCUT2D eigenvalue weighted by molar-refractivity contribution is -0.140. The number of amides is 1. The van der Waals surface area contributed by atoms with Crippen LogP contribution in [0, 0.1) is 0 Å². The van der Waals surface area contributed by atoms with Crippen LogP contribution in [0.25, 0.3) is 0 Å². The molecule has 0 saturated heterocycles. The Hall–Kier alpha value is -2.28. The van der Waals surface area contributed by atoms with Gasteiger partial charge in [-0.1, -0.05) is 11.6 Å². The van der Waals surface area contributed by atoms with E-state index in [1.165, 1.54) is 12.1 Å². The van der Waals surface area contributed by atoms with Gasteiger partial charge in [0, 0.05) is 0 Å². The maximum atomic E-state index is 12.0. The number of carboxylic acids is 2. The van der Waals surface area contributed by atoms with Gasteiger partial charge in [0.1, 0.15) is 18.8 Å². The minimum atomic E-state index is -1.36. The minimum Gasteiger partial charge on any atom is -0.508 e. The van der Waals surface area contributed by atoms with Gasteiger partial charge in [0.15, 0.2) is 0 Å². The second-order valence-electron chi connectivity index (χ2n) is 3.61. The summed E-state index contributed by atoms with van der Waals surface area (Å²) in [7, 11) is 0. The van der Waals surface area contributed by atoms with Crippen molar-refractivity contribution in [1.29, 1.82) is 0 Å². The molecule has 0 fully saturated rings. The molecular weight excluding hydrogens is 278 g/mol. The number of aromatic hydroxyl groups is 1. The highest BCUT2D eigenvalue weighted by atomic mass is 35.5. The Morgan fingerprint density at radius 2 is 1.63 bits per heavy atom. The van der Waals surface area contributed by atoms with Crippen molar-refractivity contribution < 1.29 is 29.7 Å². The topological polar surface area (TPSA) is 115 Å². The molecule has 1 aromatic carbocycles. The van der Waals surface area contributed by atoms with E-state index in [0.717, 1.165) is 6.07 Å². The quantitative estimate of drug-likeness (QED) is 0.732. The van der Waals surface area contributed by atoms with Crippen molar-refractivity contribution in [3.05, 3.63) is 28.8 Å². The van der Waals surface area contributed by atoms with Gasteiger partial charge >= 0.3 is 11.9 Å². The fraction of sp³-hybridized carbons (Fsp3) is 0.182. The number of rotatable bonds is 5. The van der Waals surface area contributed by atoms with E-state index < -0.39 is 30.9 Å². The lowest BCUT2D eigenvalue weighted by Crippen LogP contribution is -2.39. The molecule has 1 amide bonds. The molecule has 102 valence electrons. The second kappa shape index (κ2) is 6.05. The van der Waals surface area contributed by atoms with Gasteiger partial charge in [-0.3, -0.25) is 14.4 Å². The van der Waals surface area contributed by atoms with Crippen molar-refractivity contribution in [3.8, 4) is 5.75 Å². The van der Waals surface area contributed by atoms with Gasteiger partial charge in [0.2, 0.25) is 0 Å². The lowest BCUT2D eigenvalue weighted by atomic mass is 10.2. The first-order valence-corrected chi connectivity index (χ1v) is 5.40. The van der Waals surface area contributed by atoms with Crippen LogP contribution in [-0.2, 0) is 9.59 Å². The standard InChI is InChI=1S/C11H10ClNO6/c12-8-2-1-6(14)3-7(8)11(19)13(4-9(15)16)5-10(17)18/h1-3,14H,4-5H2,(H,15,16)(H,17,18). The van der Waals surface area contributed by atoms with Gasteiger partial charge in [0.25, 0.3) is 5.91 Å². The van der Waals surface area contributed by atoms with Gasteiger partial charge < -0.3 is 20.2 Å². The molecule has 0 saturated carbocycles. The zero-order chi connectivity index (χ0) is 14.6. The highest BCUT2D eigenvalue weighted by Crippen LogP contribution is 2.22. The van der Waals surface area contributed by atoms with Gasteiger partial charge in [-0.25, -0.2) is 0 Å². The maximum absolute atomic E-state index is 12.0. The molecule has 0 unspecified atom stereocenters. The molecule has 1 rings (SSSR count). The SMILES string of the molecule is O=C(O)CN(CC(=O)O)C(=O)c1cc(O)ccc1Cl. The van der Waals surface area contributed by atoms with Gasteiger partial charge in [-0.2, -0.15) is 0 Å². The van der Waals surface area contributed by atoms with Gasteiger partial charge in [-0.05, 0) is 18.2 Å². The molecule has 0 spiro atoms. The van der Waals surface area contributed by atoms with Crippen LogP contribution >= 0.6 is 11.6 Å². The van der Waals surface area contributed by atoms with Crippen LogP contribution in [0.3, 0.4) is 0 Å². The summed E-state index contributed by atoms with van der Waals surface area (Å²) in [6.45, 7) is -1.56. The fourth-order valence-electron chi connectivity index (χ4n) is 1.37. The monoisotopic (exact) mass is 287 g/mol. The van der Waals surface area contributed by atoms with Crippen molar-refractivity contribution in [3.63, 3.8) is 0 Å². The van der Waals surface area contributed by atoms with E-state index in [9.17, 15) is 19.5 Å². The van der Waals surface area contributed by atoms with Crippen LogP contribution in [0.4, 0.5) is 0 Å². The number of phenolic OH excluding ortho intramolecular Hbond substituents is 1. The summed E-state index contributed by atoms with van der Waals surface area (Å²) in [6.07, 6.45) is 0. The molecule has 0 heterocycles. The summed E-state index contributed by atoms with van der Waals surface area (Å²) in [5, 5.41) is 26.6. The van der Waals surface area contributed by atoms with Crippen molar-refractivity contribution in [2.45, 2.75) is 0 Å². The first-order chi connectivity index (χ1) is 8.81. The Kier molecular flexibility index (Phi) is 4.71. The normalized spacial score (nSPS) is 9.95. The molecule has 19 heavy (non-hydrogen) atoms. The Labute approximate surface area is 112 Å². The number of carboxylic acid groups (broad SMARTS) is 2. The average molecular weight is 288 g/mol. The predicted octanol–water partition coefficient (Wildman–Crippen LogP) is 0.657. The van der Waals surface area contributed by atoms with E-state index in [1.54, 1.807) is 0 Å². The third-order valence-electron chi connectivity index (χ3n) is 2.12. The van der Waals surface area contributed by atoms with E-state index in [2.05, 4.69) is 0 Å². The Morgan fingerprint density at radius 1 is 1.11 bits per heavy atom. The maximum Gasteiger partial charge on any atom is 0.323 e. The number of aliphatic carboxylic acids is 2. The third-order valence-corrected chi connectivity index (χ3v) is 2.45. The van der Waals surface area contributed by atoms with Crippen LogP contribution < -0.4 is 0 Å². The van der Waals surface area contributed by atoms with Crippen LogP contribution in [0.1, 0.15) is 10.4 Å². The number of halogens is 1. The summed E-state index contributed by atoms with van der Waals surface area (Å²) < 4.78 is 0.